The second-order valence-corrected chi connectivity index (χ2v) is 4.59. The van der Waals surface area contributed by atoms with Crippen molar-refractivity contribution in [1.82, 2.24) is 14.8 Å². The highest BCUT2D eigenvalue weighted by Gasteiger charge is 2.13. The van der Waals surface area contributed by atoms with E-state index in [-0.39, 0.29) is 5.56 Å². The molecular weight excluding hydrogens is 261 g/mol. The summed E-state index contributed by atoms with van der Waals surface area (Å²) in [5.41, 5.74) is 6.30. The van der Waals surface area contributed by atoms with Crippen LogP contribution >= 0.6 is 0 Å². The Morgan fingerprint density at radius 2 is 2.10 bits per heavy atom. The van der Waals surface area contributed by atoms with E-state index in [0.29, 0.717) is 23.6 Å². The Morgan fingerprint density at radius 1 is 1.40 bits per heavy atom. The van der Waals surface area contributed by atoms with E-state index >= 15 is 0 Å². The minimum absolute atomic E-state index is 0.118. The fraction of sp³-hybridized carbons (Fsp3) is 0.308. The minimum Gasteiger partial charge on any atom is -0.377 e. The van der Waals surface area contributed by atoms with Gasteiger partial charge in [0, 0.05) is 12.7 Å². The van der Waals surface area contributed by atoms with Gasteiger partial charge in [-0.2, -0.15) is 0 Å². The average Bonchev–Trinajstić information content (AvgIpc) is 2.71. The number of anilines is 1. The summed E-state index contributed by atoms with van der Waals surface area (Å²) in [6.07, 6.45) is 0. The summed E-state index contributed by atoms with van der Waals surface area (Å²) in [5, 5.41) is 11.0. The molecule has 0 fully saturated rings. The summed E-state index contributed by atoms with van der Waals surface area (Å²) < 4.78 is 15.3. The van der Waals surface area contributed by atoms with E-state index in [1.807, 2.05) is 18.5 Å². The van der Waals surface area contributed by atoms with Crippen molar-refractivity contribution in [2.45, 2.75) is 20.4 Å². The van der Waals surface area contributed by atoms with Crippen molar-refractivity contribution in [3.63, 3.8) is 0 Å². The van der Waals surface area contributed by atoms with Gasteiger partial charge in [-0.05, 0) is 31.5 Å². The lowest BCUT2D eigenvalue weighted by Crippen LogP contribution is -2.16. The van der Waals surface area contributed by atoms with Gasteiger partial charge in [0.15, 0.2) is 5.82 Å². The van der Waals surface area contributed by atoms with Crippen LogP contribution in [-0.2, 0) is 13.6 Å². The first-order valence-electron chi connectivity index (χ1n) is 6.09. The molecule has 1 amide bonds. The molecule has 6 nitrogen and oxygen atoms in total. The van der Waals surface area contributed by atoms with E-state index in [4.69, 9.17) is 5.73 Å². The standard InChI is InChI=1S/C13H16FN5O/c1-7-4-11(9(13(15)20)5-10(7)14)16-6-12-18-17-8(2)19(12)3/h4-5,16H,6H2,1-3H3,(H2,15,20). The molecule has 0 aliphatic carbocycles. The second kappa shape index (κ2) is 5.28. The number of halogens is 1. The third-order valence-electron chi connectivity index (χ3n) is 3.18. The third-order valence-corrected chi connectivity index (χ3v) is 3.18. The van der Waals surface area contributed by atoms with Gasteiger partial charge in [0.2, 0.25) is 0 Å². The first-order chi connectivity index (χ1) is 9.40. The van der Waals surface area contributed by atoms with Crippen LogP contribution in [0.5, 0.6) is 0 Å². The molecule has 0 aliphatic heterocycles. The fourth-order valence-corrected chi connectivity index (χ4v) is 1.81. The van der Waals surface area contributed by atoms with Crippen LogP contribution in [0.25, 0.3) is 0 Å². The van der Waals surface area contributed by atoms with Crippen molar-refractivity contribution in [3.05, 3.63) is 40.7 Å². The lowest BCUT2D eigenvalue weighted by atomic mass is 10.1. The molecule has 7 heteroatoms. The van der Waals surface area contributed by atoms with Crippen molar-refractivity contribution in [1.29, 1.82) is 0 Å². The summed E-state index contributed by atoms with van der Waals surface area (Å²) >= 11 is 0. The normalized spacial score (nSPS) is 10.6. The average molecular weight is 277 g/mol. The van der Waals surface area contributed by atoms with Crippen molar-refractivity contribution >= 4 is 11.6 Å². The number of rotatable bonds is 4. The Bertz CT molecular complexity index is 665. The zero-order chi connectivity index (χ0) is 14.9. The van der Waals surface area contributed by atoms with Gasteiger partial charge in [0.1, 0.15) is 11.6 Å². The number of hydrogen-bond donors (Lipinski definition) is 2. The monoisotopic (exact) mass is 277 g/mol. The molecule has 2 rings (SSSR count). The number of nitrogens with zero attached hydrogens (tertiary/aromatic N) is 3. The van der Waals surface area contributed by atoms with E-state index in [1.165, 1.54) is 0 Å². The molecule has 20 heavy (non-hydrogen) atoms. The van der Waals surface area contributed by atoms with E-state index in [2.05, 4.69) is 15.5 Å². The zero-order valence-electron chi connectivity index (χ0n) is 11.6. The van der Waals surface area contributed by atoms with Crippen LogP contribution in [-0.4, -0.2) is 20.7 Å². The maximum absolute atomic E-state index is 13.5. The van der Waals surface area contributed by atoms with Crippen molar-refractivity contribution < 1.29 is 9.18 Å². The SMILES string of the molecule is Cc1cc(NCc2nnc(C)n2C)c(C(N)=O)cc1F. The van der Waals surface area contributed by atoms with Gasteiger partial charge >= 0.3 is 0 Å². The summed E-state index contributed by atoms with van der Waals surface area (Å²) in [6.45, 7) is 3.83. The van der Waals surface area contributed by atoms with E-state index in [0.717, 1.165) is 11.9 Å². The molecule has 106 valence electrons. The fourth-order valence-electron chi connectivity index (χ4n) is 1.81. The smallest absolute Gasteiger partial charge is 0.250 e. The van der Waals surface area contributed by atoms with E-state index in [9.17, 15) is 9.18 Å². The predicted molar refractivity (Wildman–Crippen MR) is 72.7 cm³/mol. The van der Waals surface area contributed by atoms with Gasteiger partial charge in [-0.15, -0.1) is 10.2 Å². The molecule has 0 saturated heterocycles. The highest BCUT2D eigenvalue weighted by molar-refractivity contribution is 5.98. The zero-order valence-corrected chi connectivity index (χ0v) is 11.6. The Morgan fingerprint density at radius 3 is 2.65 bits per heavy atom. The molecule has 0 bridgehead atoms. The maximum Gasteiger partial charge on any atom is 0.250 e. The van der Waals surface area contributed by atoms with Crippen LogP contribution in [0.3, 0.4) is 0 Å². The number of nitrogens with two attached hydrogens (primary N) is 1. The summed E-state index contributed by atoms with van der Waals surface area (Å²) in [5.74, 6) is 0.353. The number of hydrogen-bond acceptors (Lipinski definition) is 4. The Labute approximate surface area is 115 Å². The molecule has 0 spiro atoms. The summed E-state index contributed by atoms with van der Waals surface area (Å²) in [4.78, 5) is 11.4. The van der Waals surface area contributed by atoms with E-state index in [1.54, 1.807) is 13.0 Å². The molecule has 0 atom stereocenters. The molecule has 0 radical (unpaired) electrons. The number of nitrogens with one attached hydrogen (secondary N) is 1. The minimum atomic E-state index is -0.680. The topological polar surface area (TPSA) is 85.8 Å². The molecule has 0 saturated carbocycles. The number of aryl methyl sites for hydroxylation is 2. The van der Waals surface area contributed by atoms with Gasteiger partial charge in [-0.3, -0.25) is 4.79 Å². The highest BCUT2D eigenvalue weighted by atomic mass is 19.1. The van der Waals surface area contributed by atoms with Crippen LogP contribution in [0.2, 0.25) is 0 Å². The van der Waals surface area contributed by atoms with Crippen LogP contribution in [0.15, 0.2) is 12.1 Å². The first kappa shape index (κ1) is 14.0. The Kier molecular flexibility index (Phi) is 3.69. The van der Waals surface area contributed by atoms with Crippen molar-refractivity contribution in [2.75, 3.05) is 5.32 Å². The maximum atomic E-state index is 13.5. The van der Waals surface area contributed by atoms with Crippen molar-refractivity contribution in [3.8, 4) is 0 Å². The molecule has 1 heterocycles. The second-order valence-electron chi connectivity index (χ2n) is 4.59. The molecule has 1 aromatic heterocycles. The van der Waals surface area contributed by atoms with Crippen LogP contribution in [0.4, 0.5) is 10.1 Å². The van der Waals surface area contributed by atoms with Gasteiger partial charge in [-0.25, -0.2) is 4.39 Å². The summed E-state index contributed by atoms with van der Waals surface area (Å²) in [6, 6.07) is 2.70. The quantitative estimate of drug-likeness (QED) is 0.881. The largest absolute Gasteiger partial charge is 0.377 e. The number of carbonyl (C=O) groups excluding carboxylic acids is 1. The highest BCUT2D eigenvalue weighted by Crippen LogP contribution is 2.20. The van der Waals surface area contributed by atoms with Gasteiger partial charge in [-0.1, -0.05) is 0 Å². The third kappa shape index (κ3) is 2.61. The van der Waals surface area contributed by atoms with Crippen LogP contribution < -0.4 is 11.1 Å². The lowest BCUT2D eigenvalue weighted by Gasteiger charge is -2.11. The van der Waals surface area contributed by atoms with Crippen molar-refractivity contribution in [2.24, 2.45) is 12.8 Å². The number of aromatic nitrogens is 3. The number of benzene rings is 1. The number of carbonyl (C=O) groups is 1. The van der Waals surface area contributed by atoms with Gasteiger partial charge in [0.25, 0.3) is 5.91 Å². The Balaban J connectivity index is 2.27. The first-order valence-corrected chi connectivity index (χ1v) is 6.09. The molecule has 2 aromatic rings. The molecule has 3 N–H and O–H groups in total. The van der Waals surface area contributed by atoms with E-state index < -0.39 is 11.7 Å². The number of amides is 1. The summed E-state index contributed by atoms with van der Waals surface area (Å²) in [7, 11) is 1.84. The van der Waals surface area contributed by atoms with Gasteiger partial charge < -0.3 is 15.6 Å². The van der Waals surface area contributed by atoms with Gasteiger partial charge in [0.05, 0.1) is 12.1 Å². The number of primary amides is 1. The molecule has 1 aromatic carbocycles. The molecular formula is C13H16FN5O. The van der Waals surface area contributed by atoms with Crippen LogP contribution in [0.1, 0.15) is 27.6 Å². The van der Waals surface area contributed by atoms with Crippen LogP contribution in [0, 0.1) is 19.7 Å². The Hall–Kier alpha value is -2.44. The molecule has 0 aliphatic rings. The predicted octanol–water partition coefficient (Wildman–Crippen LogP) is 1.28. The lowest BCUT2D eigenvalue weighted by molar-refractivity contribution is 0.100. The molecule has 0 unspecified atom stereocenters.